The summed E-state index contributed by atoms with van der Waals surface area (Å²) in [5.74, 6) is -0.478. The third-order valence-corrected chi connectivity index (χ3v) is 2.78. The fourth-order valence-corrected chi connectivity index (χ4v) is 1.85. The Balaban J connectivity index is 1.74. The molecule has 0 unspecified atom stereocenters. The van der Waals surface area contributed by atoms with Gasteiger partial charge in [-0.25, -0.2) is 13.7 Å². The number of rotatable bonds is 2. The third kappa shape index (κ3) is 2.44. The molecule has 2 N–H and O–H groups in total. The molecule has 5 nitrogen and oxygen atoms in total. The number of carbonyl (C=O) groups excluding carboxylic acids is 1. The third-order valence-electron chi connectivity index (χ3n) is 2.78. The average Bonchev–Trinajstić information content (AvgIpc) is 2.89. The first-order valence-corrected chi connectivity index (χ1v) is 5.98. The molecule has 0 saturated heterocycles. The predicted molar refractivity (Wildman–Crippen MR) is 74.2 cm³/mol. The molecule has 0 spiro atoms. The number of benzene rings is 1. The van der Waals surface area contributed by atoms with E-state index in [1.807, 2.05) is 6.07 Å². The van der Waals surface area contributed by atoms with Crippen molar-refractivity contribution in [2.24, 2.45) is 0 Å². The Morgan fingerprint density at radius 3 is 2.85 bits per heavy atom. The topological polar surface area (TPSA) is 58.4 Å². The zero-order valence-electron chi connectivity index (χ0n) is 10.4. The van der Waals surface area contributed by atoms with Crippen LogP contribution in [-0.2, 0) is 0 Å². The number of halogens is 1. The number of anilines is 2. The van der Waals surface area contributed by atoms with E-state index in [-0.39, 0.29) is 5.69 Å². The second-order valence-electron chi connectivity index (χ2n) is 4.18. The van der Waals surface area contributed by atoms with Gasteiger partial charge in [0.05, 0.1) is 11.2 Å². The smallest absolute Gasteiger partial charge is 0.308 e. The highest BCUT2D eigenvalue weighted by Crippen LogP contribution is 2.14. The number of hydrogen-bond acceptors (Lipinski definition) is 2. The van der Waals surface area contributed by atoms with Crippen LogP contribution in [0, 0.1) is 5.82 Å². The summed E-state index contributed by atoms with van der Waals surface area (Å²) in [7, 11) is 0. The van der Waals surface area contributed by atoms with Gasteiger partial charge in [-0.3, -0.25) is 0 Å². The number of nitrogens with one attached hydrogen (secondary N) is 2. The lowest BCUT2D eigenvalue weighted by molar-refractivity contribution is 0.262. The summed E-state index contributed by atoms with van der Waals surface area (Å²) in [6, 6.07) is 10.8. The van der Waals surface area contributed by atoms with Gasteiger partial charge in [0.15, 0.2) is 0 Å². The van der Waals surface area contributed by atoms with Crippen LogP contribution in [-0.4, -0.2) is 15.6 Å². The fraction of sp³-hybridized carbons (Fsp3) is 0. The quantitative estimate of drug-likeness (QED) is 0.751. The predicted octanol–water partition coefficient (Wildman–Crippen LogP) is 3.12. The van der Waals surface area contributed by atoms with Crippen molar-refractivity contribution in [1.82, 2.24) is 9.61 Å². The maximum Gasteiger partial charge on any atom is 0.323 e. The van der Waals surface area contributed by atoms with E-state index in [2.05, 4.69) is 15.7 Å². The largest absolute Gasteiger partial charge is 0.323 e. The van der Waals surface area contributed by atoms with Crippen LogP contribution in [0.4, 0.5) is 20.6 Å². The van der Waals surface area contributed by atoms with Crippen molar-refractivity contribution in [3.8, 4) is 0 Å². The first-order valence-electron chi connectivity index (χ1n) is 5.98. The highest BCUT2D eigenvalue weighted by Gasteiger charge is 2.06. The molecule has 1 aromatic carbocycles. The van der Waals surface area contributed by atoms with Crippen molar-refractivity contribution in [2.45, 2.75) is 0 Å². The molecule has 0 aliphatic carbocycles. The SMILES string of the molecule is O=C(Nc1ccn2nccc2c1)Nc1ccccc1F. The molecule has 0 bridgehead atoms. The van der Waals surface area contributed by atoms with Gasteiger partial charge in [-0.2, -0.15) is 5.10 Å². The van der Waals surface area contributed by atoms with E-state index in [0.29, 0.717) is 5.69 Å². The molecule has 0 fully saturated rings. The average molecular weight is 270 g/mol. The van der Waals surface area contributed by atoms with E-state index >= 15 is 0 Å². The molecule has 0 saturated carbocycles. The van der Waals surface area contributed by atoms with Gasteiger partial charge >= 0.3 is 6.03 Å². The molecular weight excluding hydrogens is 259 g/mol. The normalized spacial score (nSPS) is 10.4. The van der Waals surface area contributed by atoms with Gasteiger partial charge in [0.2, 0.25) is 0 Å². The molecule has 0 aliphatic heterocycles. The number of para-hydroxylation sites is 1. The van der Waals surface area contributed by atoms with E-state index in [0.717, 1.165) is 5.52 Å². The molecule has 3 aromatic rings. The summed E-state index contributed by atoms with van der Waals surface area (Å²) in [5.41, 5.74) is 1.59. The molecule has 2 aromatic heterocycles. The van der Waals surface area contributed by atoms with Crippen LogP contribution < -0.4 is 10.6 Å². The van der Waals surface area contributed by atoms with Crippen LogP contribution in [0.1, 0.15) is 0 Å². The lowest BCUT2D eigenvalue weighted by Crippen LogP contribution is -2.20. The van der Waals surface area contributed by atoms with E-state index in [9.17, 15) is 9.18 Å². The van der Waals surface area contributed by atoms with Crippen molar-refractivity contribution < 1.29 is 9.18 Å². The number of aromatic nitrogens is 2. The second kappa shape index (κ2) is 5.00. The number of nitrogens with zero attached hydrogens (tertiary/aromatic N) is 2. The van der Waals surface area contributed by atoms with Crippen LogP contribution in [0.15, 0.2) is 54.9 Å². The summed E-state index contributed by atoms with van der Waals surface area (Å²) >= 11 is 0. The minimum absolute atomic E-state index is 0.135. The zero-order valence-corrected chi connectivity index (χ0v) is 10.4. The Labute approximate surface area is 114 Å². The Morgan fingerprint density at radius 2 is 2.00 bits per heavy atom. The zero-order chi connectivity index (χ0) is 13.9. The van der Waals surface area contributed by atoms with Crippen LogP contribution in [0.5, 0.6) is 0 Å². The first kappa shape index (κ1) is 12.2. The summed E-state index contributed by atoms with van der Waals surface area (Å²) in [4.78, 5) is 11.8. The number of hydrogen-bond donors (Lipinski definition) is 2. The van der Waals surface area contributed by atoms with Crippen molar-refractivity contribution in [2.75, 3.05) is 10.6 Å². The van der Waals surface area contributed by atoms with Crippen molar-refractivity contribution in [3.05, 3.63) is 60.7 Å². The number of pyridine rings is 1. The molecule has 3 rings (SSSR count). The molecule has 0 radical (unpaired) electrons. The van der Waals surface area contributed by atoms with E-state index in [4.69, 9.17) is 0 Å². The van der Waals surface area contributed by atoms with Gasteiger partial charge < -0.3 is 10.6 Å². The number of urea groups is 1. The summed E-state index contributed by atoms with van der Waals surface area (Å²) < 4.78 is 15.1. The Kier molecular flexibility index (Phi) is 3.04. The van der Waals surface area contributed by atoms with Crippen molar-refractivity contribution in [3.63, 3.8) is 0 Å². The molecule has 0 atom stereocenters. The van der Waals surface area contributed by atoms with Gasteiger partial charge in [-0.15, -0.1) is 0 Å². The fourth-order valence-electron chi connectivity index (χ4n) is 1.85. The molecule has 2 heterocycles. The lowest BCUT2D eigenvalue weighted by Gasteiger charge is -2.08. The first-order chi connectivity index (χ1) is 9.72. The van der Waals surface area contributed by atoms with E-state index < -0.39 is 11.8 Å². The van der Waals surface area contributed by atoms with E-state index in [1.54, 1.807) is 41.2 Å². The minimum Gasteiger partial charge on any atom is -0.308 e. The monoisotopic (exact) mass is 270 g/mol. The second-order valence-corrected chi connectivity index (χ2v) is 4.18. The molecule has 6 heteroatoms. The van der Waals surface area contributed by atoms with E-state index in [1.165, 1.54) is 12.1 Å². The number of fused-ring (bicyclic) bond motifs is 1. The molecule has 20 heavy (non-hydrogen) atoms. The summed E-state index contributed by atoms with van der Waals surface area (Å²) in [6.07, 6.45) is 3.40. The lowest BCUT2D eigenvalue weighted by atomic mass is 10.3. The minimum atomic E-state index is -0.501. The molecule has 2 amide bonds. The highest BCUT2D eigenvalue weighted by molar-refractivity contribution is 6.00. The Bertz CT molecular complexity index is 768. The van der Waals surface area contributed by atoms with Crippen LogP contribution >= 0.6 is 0 Å². The standard InChI is InChI=1S/C14H11FN4O/c15-12-3-1-2-4-13(12)18-14(20)17-10-6-8-19-11(9-10)5-7-16-19/h1-9H,(H2,17,18,20). The highest BCUT2D eigenvalue weighted by atomic mass is 19.1. The van der Waals surface area contributed by atoms with Gasteiger partial charge in [0, 0.05) is 18.1 Å². The maximum absolute atomic E-state index is 13.4. The van der Waals surface area contributed by atoms with Gasteiger partial charge in [-0.05, 0) is 30.3 Å². The Hall–Kier alpha value is -2.89. The number of amides is 2. The molecular formula is C14H11FN4O. The van der Waals surface area contributed by atoms with Crippen molar-refractivity contribution in [1.29, 1.82) is 0 Å². The van der Waals surface area contributed by atoms with Crippen LogP contribution in [0.25, 0.3) is 5.52 Å². The summed E-state index contributed by atoms with van der Waals surface area (Å²) in [5, 5.41) is 9.15. The van der Waals surface area contributed by atoms with Crippen LogP contribution in [0.2, 0.25) is 0 Å². The molecule has 0 aliphatic rings. The van der Waals surface area contributed by atoms with Gasteiger partial charge in [-0.1, -0.05) is 12.1 Å². The van der Waals surface area contributed by atoms with Gasteiger partial charge in [0.25, 0.3) is 0 Å². The van der Waals surface area contributed by atoms with Crippen LogP contribution in [0.3, 0.4) is 0 Å². The van der Waals surface area contributed by atoms with Crippen molar-refractivity contribution >= 4 is 22.9 Å². The Morgan fingerprint density at radius 1 is 1.15 bits per heavy atom. The van der Waals surface area contributed by atoms with Gasteiger partial charge in [0.1, 0.15) is 5.82 Å². The maximum atomic E-state index is 13.4. The molecule has 100 valence electrons. The number of carbonyl (C=O) groups is 1. The summed E-state index contributed by atoms with van der Waals surface area (Å²) in [6.45, 7) is 0.